The zero-order valence-corrected chi connectivity index (χ0v) is 12.9. The van der Waals surface area contributed by atoms with E-state index >= 15 is 0 Å². The van der Waals surface area contributed by atoms with Crippen LogP contribution >= 0.6 is 0 Å². The van der Waals surface area contributed by atoms with Crippen molar-refractivity contribution in [2.45, 2.75) is 58.4 Å². The molecule has 0 spiro atoms. The first-order valence-electron chi connectivity index (χ1n) is 8.07. The minimum Gasteiger partial charge on any atom is -0.293 e. The van der Waals surface area contributed by atoms with Gasteiger partial charge in [0.2, 0.25) is 0 Å². The second kappa shape index (κ2) is 7.58. The van der Waals surface area contributed by atoms with Crippen molar-refractivity contribution in [2.24, 2.45) is 0 Å². The average Bonchev–Trinajstić information content (AvgIpc) is 2.98. The second-order valence-corrected chi connectivity index (χ2v) is 5.98. The molecular weight excluding hydrogens is 246 g/mol. The fourth-order valence-corrected chi connectivity index (χ4v) is 3.03. The molecule has 0 radical (unpaired) electrons. The zero-order valence-electron chi connectivity index (χ0n) is 12.9. The van der Waals surface area contributed by atoms with E-state index in [9.17, 15) is 4.79 Å². The Hall–Kier alpha value is -1.15. The molecule has 2 heteroatoms. The van der Waals surface area contributed by atoms with E-state index in [4.69, 9.17) is 0 Å². The van der Waals surface area contributed by atoms with Gasteiger partial charge in [0.25, 0.3) is 0 Å². The van der Waals surface area contributed by atoms with Gasteiger partial charge in [-0.25, -0.2) is 0 Å². The summed E-state index contributed by atoms with van der Waals surface area (Å²) >= 11 is 0. The van der Waals surface area contributed by atoms with Crippen LogP contribution in [-0.4, -0.2) is 29.8 Å². The Morgan fingerprint density at radius 1 is 1.15 bits per heavy atom. The fraction of sp³-hybridized carbons (Fsp3) is 0.611. The van der Waals surface area contributed by atoms with Gasteiger partial charge in [0.15, 0.2) is 5.78 Å². The number of hydrogen-bond donors (Lipinski definition) is 0. The molecule has 0 amide bonds. The predicted octanol–water partition coefficient (Wildman–Crippen LogP) is 4.22. The Labute approximate surface area is 123 Å². The molecule has 1 fully saturated rings. The molecule has 20 heavy (non-hydrogen) atoms. The molecule has 1 saturated heterocycles. The summed E-state index contributed by atoms with van der Waals surface area (Å²) in [5, 5.41) is 0. The number of benzene rings is 1. The zero-order chi connectivity index (χ0) is 14.4. The number of hydrogen-bond acceptors (Lipinski definition) is 2. The number of nitrogens with zero attached hydrogens (tertiary/aromatic N) is 1. The van der Waals surface area contributed by atoms with Crippen LogP contribution in [0.2, 0.25) is 0 Å². The molecule has 110 valence electrons. The fourth-order valence-electron chi connectivity index (χ4n) is 3.03. The van der Waals surface area contributed by atoms with Gasteiger partial charge in [-0.15, -0.1) is 0 Å². The van der Waals surface area contributed by atoms with Gasteiger partial charge in [-0.2, -0.15) is 0 Å². The normalized spacial score (nSPS) is 17.3. The van der Waals surface area contributed by atoms with Gasteiger partial charge >= 0.3 is 0 Å². The highest BCUT2D eigenvalue weighted by Crippen LogP contribution is 2.20. The van der Waals surface area contributed by atoms with Gasteiger partial charge in [-0.05, 0) is 39.3 Å². The number of ketones is 1. The molecular formula is C18H27NO. The third kappa shape index (κ3) is 3.92. The molecule has 1 aliphatic heterocycles. The highest BCUT2D eigenvalue weighted by molar-refractivity contribution is 6.00. The van der Waals surface area contributed by atoms with E-state index in [-0.39, 0.29) is 6.04 Å². The third-order valence-electron chi connectivity index (χ3n) is 4.30. The van der Waals surface area contributed by atoms with Crippen molar-refractivity contribution in [1.29, 1.82) is 0 Å². The van der Waals surface area contributed by atoms with Crippen molar-refractivity contribution in [3.05, 3.63) is 35.4 Å². The molecule has 1 atom stereocenters. The molecule has 2 rings (SSSR count). The summed E-state index contributed by atoms with van der Waals surface area (Å²) in [6, 6.07) is 8.16. The lowest BCUT2D eigenvalue weighted by Crippen LogP contribution is -2.39. The molecule has 0 aliphatic carbocycles. The molecule has 1 heterocycles. The lowest BCUT2D eigenvalue weighted by atomic mass is 9.97. The number of Topliss-reactive ketones (excluding diaryl/α,β-unsaturated/α-hetero) is 1. The molecule has 0 aromatic heterocycles. The van der Waals surface area contributed by atoms with E-state index in [0.717, 1.165) is 31.5 Å². The van der Waals surface area contributed by atoms with Gasteiger partial charge in [0.05, 0.1) is 6.04 Å². The van der Waals surface area contributed by atoms with Crippen LogP contribution in [0.3, 0.4) is 0 Å². The maximum atomic E-state index is 12.8. The quantitative estimate of drug-likeness (QED) is 0.547. The van der Waals surface area contributed by atoms with Crippen LogP contribution in [0, 0.1) is 6.92 Å². The van der Waals surface area contributed by atoms with Crippen LogP contribution < -0.4 is 0 Å². The molecule has 2 nitrogen and oxygen atoms in total. The summed E-state index contributed by atoms with van der Waals surface area (Å²) in [4.78, 5) is 15.2. The molecule has 1 aliphatic rings. The number of carbonyl (C=O) groups is 1. The van der Waals surface area contributed by atoms with Crippen molar-refractivity contribution in [2.75, 3.05) is 13.1 Å². The van der Waals surface area contributed by atoms with E-state index < -0.39 is 0 Å². The highest BCUT2D eigenvalue weighted by atomic mass is 16.1. The molecule has 0 saturated carbocycles. The number of likely N-dealkylation sites (tertiary alicyclic amines) is 1. The Bertz CT molecular complexity index is 418. The van der Waals surface area contributed by atoms with Crippen LogP contribution in [-0.2, 0) is 0 Å². The van der Waals surface area contributed by atoms with Crippen LogP contribution in [0.15, 0.2) is 24.3 Å². The van der Waals surface area contributed by atoms with Gasteiger partial charge < -0.3 is 0 Å². The van der Waals surface area contributed by atoms with Gasteiger partial charge in [0.1, 0.15) is 0 Å². The van der Waals surface area contributed by atoms with Crippen molar-refractivity contribution in [3.63, 3.8) is 0 Å². The molecule has 1 aromatic rings. The lowest BCUT2D eigenvalue weighted by Gasteiger charge is -2.26. The third-order valence-corrected chi connectivity index (χ3v) is 4.30. The lowest BCUT2D eigenvalue weighted by molar-refractivity contribution is 0.0835. The van der Waals surface area contributed by atoms with Crippen molar-refractivity contribution in [3.8, 4) is 0 Å². The predicted molar refractivity (Wildman–Crippen MR) is 84.2 cm³/mol. The van der Waals surface area contributed by atoms with E-state index in [1.807, 2.05) is 24.3 Å². The summed E-state index contributed by atoms with van der Waals surface area (Å²) in [7, 11) is 0. The van der Waals surface area contributed by atoms with Crippen molar-refractivity contribution >= 4 is 5.78 Å². The molecule has 0 N–H and O–H groups in total. The van der Waals surface area contributed by atoms with E-state index in [1.54, 1.807) is 0 Å². The van der Waals surface area contributed by atoms with Crippen molar-refractivity contribution in [1.82, 2.24) is 4.90 Å². The van der Waals surface area contributed by atoms with Crippen LogP contribution in [0.25, 0.3) is 0 Å². The number of carbonyl (C=O) groups excluding carboxylic acids is 1. The largest absolute Gasteiger partial charge is 0.293 e. The smallest absolute Gasteiger partial charge is 0.179 e. The number of rotatable bonds is 7. The minimum absolute atomic E-state index is 0.103. The summed E-state index contributed by atoms with van der Waals surface area (Å²) < 4.78 is 0. The van der Waals surface area contributed by atoms with E-state index in [2.05, 4.69) is 18.7 Å². The van der Waals surface area contributed by atoms with Crippen LogP contribution in [0.4, 0.5) is 0 Å². The van der Waals surface area contributed by atoms with Crippen LogP contribution in [0.1, 0.15) is 61.4 Å². The standard InChI is InChI=1S/C18H27NO/c1-3-4-5-8-17(19-13-6-7-14-19)18(20)16-11-9-15(2)10-12-16/h9-12,17H,3-8,13-14H2,1-2H3. The summed E-state index contributed by atoms with van der Waals surface area (Å²) in [6.45, 7) is 6.46. The van der Waals surface area contributed by atoms with E-state index in [1.165, 1.54) is 31.2 Å². The SMILES string of the molecule is CCCCCC(C(=O)c1ccc(C)cc1)N1CCCC1. The summed E-state index contributed by atoms with van der Waals surface area (Å²) in [5.41, 5.74) is 2.09. The average molecular weight is 273 g/mol. The number of aryl methyl sites for hydroxylation is 1. The Kier molecular flexibility index (Phi) is 5.78. The maximum absolute atomic E-state index is 12.8. The topological polar surface area (TPSA) is 20.3 Å². The Morgan fingerprint density at radius 3 is 2.40 bits per heavy atom. The first-order chi connectivity index (χ1) is 9.72. The Balaban J connectivity index is 2.07. The van der Waals surface area contributed by atoms with Gasteiger partial charge in [0, 0.05) is 5.56 Å². The first-order valence-corrected chi connectivity index (χ1v) is 8.07. The van der Waals surface area contributed by atoms with Gasteiger partial charge in [-0.3, -0.25) is 9.69 Å². The molecule has 1 unspecified atom stereocenters. The molecule has 0 bridgehead atoms. The van der Waals surface area contributed by atoms with Gasteiger partial charge in [-0.1, -0.05) is 56.0 Å². The maximum Gasteiger partial charge on any atom is 0.179 e. The monoisotopic (exact) mass is 273 g/mol. The summed E-state index contributed by atoms with van der Waals surface area (Å²) in [6.07, 6.45) is 7.10. The van der Waals surface area contributed by atoms with Crippen LogP contribution in [0.5, 0.6) is 0 Å². The van der Waals surface area contributed by atoms with E-state index in [0.29, 0.717) is 5.78 Å². The first kappa shape index (κ1) is 15.2. The summed E-state index contributed by atoms with van der Waals surface area (Å²) in [5.74, 6) is 0.322. The number of unbranched alkanes of at least 4 members (excludes halogenated alkanes) is 2. The van der Waals surface area contributed by atoms with Crippen molar-refractivity contribution < 1.29 is 4.79 Å². The Morgan fingerprint density at radius 2 is 1.80 bits per heavy atom. The minimum atomic E-state index is 0.103. The highest BCUT2D eigenvalue weighted by Gasteiger charge is 2.28. The second-order valence-electron chi connectivity index (χ2n) is 5.98. The molecule has 1 aromatic carbocycles.